The number of hydrogen-bond donors (Lipinski definition) is 1. The predicted molar refractivity (Wildman–Crippen MR) is 80.3 cm³/mol. The molecule has 0 aliphatic carbocycles. The summed E-state index contributed by atoms with van der Waals surface area (Å²) in [6.45, 7) is 4.04. The number of halogens is 2. The molecule has 0 spiro atoms. The van der Waals surface area contributed by atoms with Gasteiger partial charge in [0.2, 0.25) is 5.91 Å². The fourth-order valence-corrected chi connectivity index (χ4v) is 1.99. The Hall–Kier alpha value is -1.65. The zero-order valence-corrected chi connectivity index (χ0v) is 12.6. The van der Waals surface area contributed by atoms with Crippen LogP contribution in [0.4, 0.5) is 5.82 Å². The number of carbonyl (C=O) groups is 1. The number of aryl methyl sites for hydroxylation is 2. The minimum absolute atomic E-state index is 0.114. The van der Waals surface area contributed by atoms with Crippen molar-refractivity contribution in [2.24, 2.45) is 0 Å². The van der Waals surface area contributed by atoms with Crippen molar-refractivity contribution in [3.05, 3.63) is 51.4 Å². The van der Waals surface area contributed by atoms with Gasteiger partial charge in [-0.05, 0) is 30.5 Å². The number of amides is 1. The molecule has 20 heavy (non-hydrogen) atoms. The van der Waals surface area contributed by atoms with Crippen LogP contribution < -0.4 is 5.32 Å². The standard InChI is InChI=1S/C14H13Cl2N3O/c1-8-3-4-10(5-9(8)2)6-11(20)19-14-12(15)13(16)17-7-18-14/h3-5,7H,6H2,1-2H3,(H,17,18,19,20). The van der Waals surface area contributed by atoms with E-state index in [2.05, 4.69) is 15.3 Å². The molecule has 2 aromatic rings. The Labute approximate surface area is 127 Å². The molecule has 1 amide bonds. The highest BCUT2D eigenvalue weighted by molar-refractivity contribution is 6.42. The first kappa shape index (κ1) is 14.8. The summed E-state index contributed by atoms with van der Waals surface area (Å²) in [6.07, 6.45) is 1.50. The zero-order chi connectivity index (χ0) is 14.7. The second-order valence-electron chi connectivity index (χ2n) is 4.47. The van der Waals surface area contributed by atoms with E-state index in [9.17, 15) is 4.79 Å². The molecule has 4 nitrogen and oxygen atoms in total. The smallest absolute Gasteiger partial charge is 0.229 e. The molecule has 6 heteroatoms. The van der Waals surface area contributed by atoms with Gasteiger partial charge in [0.25, 0.3) is 0 Å². The molecule has 0 saturated carbocycles. The van der Waals surface area contributed by atoms with Gasteiger partial charge in [-0.15, -0.1) is 0 Å². The van der Waals surface area contributed by atoms with Crippen LogP contribution in [0.2, 0.25) is 10.2 Å². The van der Waals surface area contributed by atoms with Crippen LogP contribution in [0.1, 0.15) is 16.7 Å². The van der Waals surface area contributed by atoms with Crippen molar-refractivity contribution in [2.45, 2.75) is 20.3 Å². The summed E-state index contributed by atoms with van der Waals surface area (Å²) in [7, 11) is 0. The average molecular weight is 310 g/mol. The third-order valence-electron chi connectivity index (χ3n) is 2.94. The Kier molecular flexibility index (Phi) is 4.57. The van der Waals surface area contributed by atoms with Gasteiger partial charge in [0.15, 0.2) is 11.0 Å². The first-order chi connectivity index (χ1) is 9.47. The molecule has 0 saturated heterocycles. The van der Waals surface area contributed by atoms with E-state index >= 15 is 0 Å². The summed E-state index contributed by atoms with van der Waals surface area (Å²) < 4.78 is 0. The second kappa shape index (κ2) is 6.20. The van der Waals surface area contributed by atoms with Crippen LogP contribution in [0.15, 0.2) is 24.5 Å². The van der Waals surface area contributed by atoms with Crippen LogP contribution in [0.25, 0.3) is 0 Å². The SMILES string of the molecule is Cc1ccc(CC(=O)Nc2ncnc(Cl)c2Cl)cc1C. The maximum absolute atomic E-state index is 12.0. The van der Waals surface area contributed by atoms with Crippen molar-refractivity contribution < 1.29 is 4.79 Å². The van der Waals surface area contributed by atoms with Gasteiger partial charge < -0.3 is 5.32 Å². The van der Waals surface area contributed by atoms with Gasteiger partial charge in [-0.1, -0.05) is 41.4 Å². The molecule has 1 aromatic heterocycles. The van der Waals surface area contributed by atoms with Crippen molar-refractivity contribution >= 4 is 34.9 Å². The fraction of sp³-hybridized carbons (Fsp3) is 0.214. The van der Waals surface area contributed by atoms with Crippen LogP contribution in [0.3, 0.4) is 0 Å². The van der Waals surface area contributed by atoms with Crippen LogP contribution in [-0.4, -0.2) is 15.9 Å². The second-order valence-corrected chi connectivity index (χ2v) is 5.21. The highest BCUT2D eigenvalue weighted by Gasteiger charge is 2.11. The maximum atomic E-state index is 12.0. The van der Waals surface area contributed by atoms with Gasteiger partial charge >= 0.3 is 0 Å². The van der Waals surface area contributed by atoms with Gasteiger partial charge in [0.05, 0.1) is 6.42 Å². The Balaban J connectivity index is 2.09. The van der Waals surface area contributed by atoms with Gasteiger partial charge in [-0.2, -0.15) is 0 Å². The summed E-state index contributed by atoms with van der Waals surface area (Å²) in [6, 6.07) is 5.91. The zero-order valence-electron chi connectivity index (χ0n) is 11.1. The highest BCUT2D eigenvalue weighted by Crippen LogP contribution is 2.25. The fourth-order valence-electron chi connectivity index (χ4n) is 1.71. The van der Waals surface area contributed by atoms with Crippen molar-refractivity contribution in [2.75, 3.05) is 5.32 Å². The molecule has 0 bridgehead atoms. The van der Waals surface area contributed by atoms with E-state index in [1.165, 1.54) is 11.9 Å². The normalized spacial score (nSPS) is 10.4. The minimum Gasteiger partial charge on any atom is -0.309 e. The Bertz CT molecular complexity index is 659. The number of hydrogen-bond acceptors (Lipinski definition) is 3. The van der Waals surface area contributed by atoms with E-state index in [0.717, 1.165) is 11.1 Å². The van der Waals surface area contributed by atoms with Crippen molar-refractivity contribution in [1.29, 1.82) is 0 Å². The molecule has 0 fully saturated rings. The molecule has 2 rings (SSSR count). The Morgan fingerprint density at radius 1 is 1.20 bits per heavy atom. The van der Waals surface area contributed by atoms with Crippen molar-refractivity contribution in [3.63, 3.8) is 0 Å². The quantitative estimate of drug-likeness (QED) is 0.882. The third kappa shape index (κ3) is 3.46. The maximum Gasteiger partial charge on any atom is 0.229 e. The van der Waals surface area contributed by atoms with E-state index in [-0.39, 0.29) is 28.3 Å². The lowest BCUT2D eigenvalue weighted by Crippen LogP contribution is -2.16. The van der Waals surface area contributed by atoms with Crippen LogP contribution in [-0.2, 0) is 11.2 Å². The van der Waals surface area contributed by atoms with Gasteiger partial charge in [-0.3, -0.25) is 4.79 Å². The summed E-state index contributed by atoms with van der Waals surface area (Å²) in [4.78, 5) is 19.6. The Morgan fingerprint density at radius 3 is 2.65 bits per heavy atom. The van der Waals surface area contributed by atoms with E-state index in [1.54, 1.807) is 0 Å². The number of anilines is 1. The molecular weight excluding hydrogens is 297 g/mol. The highest BCUT2D eigenvalue weighted by atomic mass is 35.5. The molecule has 0 aliphatic heterocycles. The lowest BCUT2D eigenvalue weighted by atomic mass is 10.0. The number of nitrogens with one attached hydrogen (secondary N) is 1. The molecular formula is C14H13Cl2N3O. The summed E-state index contributed by atoms with van der Waals surface area (Å²) >= 11 is 11.7. The molecule has 1 N–H and O–H groups in total. The predicted octanol–water partition coefficient (Wildman–Crippen LogP) is 3.58. The van der Waals surface area contributed by atoms with Gasteiger partial charge in [0.1, 0.15) is 11.3 Å². The molecule has 0 aliphatic rings. The van der Waals surface area contributed by atoms with Crippen LogP contribution >= 0.6 is 23.2 Å². The van der Waals surface area contributed by atoms with Gasteiger partial charge in [-0.25, -0.2) is 9.97 Å². The van der Waals surface area contributed by atoms with E-state index in [0.29, 0.717) is 0 Å². The minimum atomic E-state index is -0.204. The first-order valence-electron chi connectivity index (χ1n) is 5.99. The third-order valence-corrected chi connectivity index (χ3v) is 3.68. The molecule has 104 valence electrons. The number of nitrogens with zero attached hydrogens (tertiary/aromatic N) is 2. The number of carbonyl (C=O) groups excluding carboxylic acids is 1. The molecule has 0 radical (unpaired) electrons. The monoisotopic (exact) mass is 309 g/mol. The van der Waals surface area contributed by atoms with Crippen molar-refractivity contribution in [1.82, 2.24) is 9.97 Å². The first-order valence-corrected chi connectivity index (χ1v) is 6.75. The molecule has 0 unspecified atom stereocenters. The Morgan fingerprint density at radius 2 is 1.95 bits per heavy atom. The largest absolute Gasteiger partial charge is 0.309 e. The van der Waals surface area contributed by atoms with Gasteiger partial charge in [0, 0.05) is 0 Å². The van der Waals surface area contributed by atoms with Crippen LogP contribution in [0.5, 0.6) is 0 Å². The molecule has 0 atom stereocenters. The number of benzene rings is 1. The van der Waals surface area contributed by atoms with Crippen molar-refractivity contribution in [3.8, 4) is 0 Å². The summed E-state index contributed by atoms with van der Waals surface area (Å²) in [5.41, 5.74) is 3.28. The summed E-state index contributed by atoms with van der Waals surface area (Å²) in [5.74, 6) is 0.0189. The van der Waals surface area contributed by atoms with E-state index < -0.39 is 0 Å². The number of aromatic nitrogens is 2. The molecule has 1 aromatic carbocycles. The number of rotatable bonds is 3. The average Bonchev–Trinajstić information content (AvgIpc) is 2.39. The van der Waals surface area contributed by atoms with Crippen LogP contribution in [0, 0.1) is 13.8 Å². The van der Waals surface area contributed by atoms with E-state index in [4.69, 9.17) is 23.2 Å². The lowest BCUT2D eigenvalue weighted by molar-refractivity contribution is -0.115. The lowest BCUT2D eigenvalue weighted by Gasteiger charge is -2.08. The van der Waals surface area contributed by atoms with E-state index in [1.807, 2.05) is 32.0 Å². The molecule has 1 heterocycles. The summed E-state index contributed by atoms with van der Waals surface area (Å²) in [5, 5.41) is 2.88. The topological polar surface area (TPSA) is 54.9 Å².